The molecule has 0 saturated heterocycles. The fraction of sp³-hybridized carbons (Fsp3) is 0.125. The highest BCUT2D eigenvalue weighted by Gasteiger charge is 2.23. The van der Waals surface area contributed by atoms with Crippen molar-refractivity contribution in [2.75, 3.05) is 19.1 Å². The molecular formula is C16H16N2O2. The monoisotopic (exact) mass is 268 g/mol. The Bertz CT molecular complexity index is 606. The number of anilines is 1. The molecule has 0 amide bonds. The van der Waals surface area contributed by atoms with Crippen LogP contribution in [0.5, 0.6) is 11.5 Å². The lowest BCUT2D eigenvalue weighted by molar-refractivity contribution is 0.396. The predicted molar refractivity (Wildman–Crippen MR) is 79.6 cm³/mol. The topological polar surface area (TPSA) is 33.7 Å². The largest absolute Gasteiger partial charge is 0.494 e. The normalized spacial score (nSPS) is 16.0. The van der Waals surface area contributed by atoms with Gasteiger partial charge in [0.15, 0.2) is 0 Å². The van der Waals surface area contributed by atoms with Gasteiger partial charge in [-0.3, -0.25) is 4.90 Å². The molecule has 1 heterocycles. The van der Waals surface area contributed by atoms with Gasteiger partial charge < -0.3 is 14.8 Å². The van der Waals surface area contributed by atoms with E-state index in [1.807, 2.05) is 47.7 Å². The van der Waals surface area contributed by atoms with E-state index < -0.39 is 0 Å². The molecule has 0 aromatic heterocycles. The Hall–Kier alpha value is -2.62. The highest BCUT2D eigenvalue weighted by Crippen LogP contribution is 2.41. The standard InChI is InChI=1S/C16H16N2O2/c1-19-13-8-5-9-14(20-2)15(13)18-11-10-17-16(18)12-6-3-4-7-12/h3-11,17H,1-2H3. The van der Waals surface area contributed by atoms with Gasteiger partial charge in [-0.25, -0.2) is 0 Å². The summed E-state index contributed by atoms with van der Waals surface area (Å²) in [6, 6.07) is 5.76. The van der Waals surface area contributed by atoms with Crippen molar-refractivity contribution in [2.24, 2.45) is 0 Å². The highest BCUT2D eigenvalue weighted by molar-refractivity contribution is 5.74. The minimum Gasteiger partial charge on any atom is -0.494 e. The number of hydrogen-bond donors (Lipinski definition) is 1. The van der Waals surface area contributed by atoms with Gasteiger partial charge in [-0.15, -0.1) is 0 Å². The van der Waals surface area contributed by atoms with E-state index in [4.69, 9.17) is 9.47 Å². The minimum atomic E-state index is 0.766. The second-order valence-electron chi connectivity index (χ2n) is 4.36. The Labute approximate surface area is 118 Å². The maximum Gasteiger partial charge on any atom is 0.146 e. The molecule has 3 rings (SSSR count). The predicted octanol–water partition coefficient (Wildman–Crippen LogP) is 2.92. The first kappa shape index (κ1) is 12.4. The average Bonchev–Trinajstić information content (AvgIpc) is 3.16. The van der Waals surface area contributed by atoms with Crippen LogP contribution in [0.3, 0.4) is 0 Å². The summed E-state index contributed by atoms with van der Waals surface area (Å²) in [5.74, 6) is 2.52. The zero-order chi connectivity index (χ0) is 13.9. The first-order chi connectivity index (χ1) is 9.85. The second-order valence-corrected chi connectivity index (χ2v) is 4.36. The van der Waals surface area contributed by atoms with Gasteiger partial charge in [-0.2, -0.15) is 0 Å². The summed E-state index contributed by atoms with van der Waals surface area (Å²) in [6.45, 7) is 0. The Morgan fingerprint density at radius 2 is 1.65 bits per heavy atom. The number of nitrogens with zero attached hydrogens (tertiary/aromatic N) is 1. The van der Waals surface area contributed by atoms with Crippen molar-refractivity contribution in [3.63, 3.8) is 0 Å². The molecule has 20 heavy (non-hydrogen) atoms. The van der Waals surface area contributed by atoms with E-state index in [2.05, 4.69) is 17.5 Å². The SMILES string of the molecule is COc1cccc(OC)c1N1C=CNC1=C1C=CC=C1. The quantitative estimate of drug-likeness (QED) is 0.914. The van der Waals surface area contributed by atoms with Crippen LogP contribution >= 0.6 is 0 Å². The molecule has 2 aliphatic rings. The van der Waals surface area contributed by atoms with Gasteiger partial charge in [-0.05, 0) is 12.1 Å². The van der Waals surface area contributed by atoms with E-state index in [1.54, 1.807) is 14.2 Å². The molecule has 1 aromatic carbocycles. The number of benzene rings is 1. The molecule has 0 radical (unpaired) electrons. The molecular weight excluding hydrogens is 252 g/mol. The first-order valence-electron chi connectivity index (χ1n) is 6.37. The molecule has 0 unspecified atom stereocenters. The molecule has 0 spiro atoms. The lowest BCUT2D eigenvalue weighted by Gasteiger charge is -2.23. The molecule has 1 N–H and O–H groups in total. The molecule has 4 heteroatoms. The summed E-state index contributed by atoms with van der Waals surface area (Å²) in [6.07, 6.45) is 12.0. The maximum atomic E-state index is 5.47. The number of ether oxygens (including phenoxy) is 2. The van der Waals surface area contributed by atoms with Crippen LogP contribution in [0.15, 0.2) is 66.3 Å². The van der Waals surface area contributed by atoms with Gasteiger partial charge in [-0.1, -0.05) is 30.4 Å². The fourth-order valence-electron chi connectivity index (χ4n) is 2.34. The Morgan fingerprint density at radius 1 is 1.00 bits per heavy atom. The van der Waals surface area contributed by atoms with Crippen LogP contribution in [-0.4, -0.2) is 14.2 Å². The summed E-state index contributed by atoms with van der Waals surface area (Å²) >= 11 is 0. The molecule has 102 valence electrons. The van der Waals surface area contributed by atoms with Crippen LogP contribution < -0.4 is 19.7 Å². The van der Waals surface area contributed by atoms with Crippen LogP contribution in [0.2, 0.25) is 0 Å². The van der Waals surface area contributed by atoms with E-state index in [0.717, 1.165) is 28.6 Å². The van der Waals surface area contributed by atoms with Crippen LogP contribution in [-0.2, 0) is 0 Å². The number of allylic oxidation sites excluding steroid dienone is 5. The summed E-state index contributed by atoms with van der Waals surface area (Å²) in [4.78, 5) is 2.03. The summed E-state index contributed by atoms with van der Waals surface area (Å²) < 4.78 is 10.9. The third kappa shape index (κ3) is 1.95. The van der Waals surface area contributed by atoms with Crippen molar-refractivity contribution in [3.05, 3.63) is 66.3 Å². The molecule has 1 aliphatic heterocycles. The Morgan fingerprint density at radius 3 is 2.25 bits per heavy atom. The van der Waals surface area contributed by atoms with Crippen LogP contribution in [0, 0.1) is 0 Å². The zero-order valence-electron chi connectivity index (χ0n) is 11.5. The van der Waals surface area contributed by atoms with Gasteiger partial charge >= 0.3 is 0 Å². The minimum absolute atomic E-state index is 0.766. The van der Waals surface area contributed by atoms with E-state index in [0.29, 0.717) is 0 Å². The lowest BCUT2D eigenvalue weighted by atomic mass is 10.2. The van der Waals surface area contributed by atoms with Crippen molar-refractivity contribution in [1.82, 2.24) is 5.32 Å². The van der Waals surface area contributed by atoms with Crippen LogP contribution in [0.4, 0.5) is 5.69 Å². The average molecular weight is 268 g/mol. The zero-order valence-corrected chi connectivity index (χ0v) is 11.5. The third-order valence-corrected chi connectivity index (χ3v) is 3.26. The first-order valence-corrected chi connectivity index (χ1v) is 6.37. The van der Waals surface area contributed by atoms with Crippen LogP contribution in [0.1, 0.15) is 0 Å². The Balaban J connectivity index is 2.13. The van der Waals surface area contributed by atoms with Gasteiger partial charge in [0.1, 0.15) is 23.0 Å². The van der Waals surface area contributed by atoms with E-state index >= 15 is 0 Å². The lowest BCUT2D eigenvalue weighted by Crippen LogP contribution is -2.20. The van der Waals surface area contributed by atoms with Gasteiger partial charge in [0.05, 0.1) is 14.2 Å². The number of nitrogens with one attached hydrogen (secondary N) is 1. The number of para-hydroxylation sites is 1. The van der Waals surface area contributed by atoms with E-state index in [1.165, 1.54) is 0 Å². The van der Waals surface area contributed by atoms with Crippen molar-refractivity contribution in [2.45, 2.75) is 0 Å². The van der Waals surface area contributed by atoms with Crippen molar-refractivity contribution in [1.29, 1.82) is 0 Å². The van der Waals surface area contributed by atoms with Crippen LogP contribution in [0.25, 0.3) is 0 Å². The number of methoxy groups -OCH3 is 2. The second kappa shape index (κ2) is 5.17. The number of rotatable bonds is 3. The maximum absolute atomic E-state index is 5.47. The fourth-order valence-corrected chi connectivity index (χ4v) is 2.34. The summed E-state index contributed by atoms with van der Waals surface area (Å²) in [7, 11) is 3.32. The molecule has 0 bridgehead atoms. The highest BCUT2D eigenvalue weighted by atomic mass is 16.5. The summed E-state index contributed by atoms with van der Waals surface area (Å²) in [5.41, 5.74) is 2.00. The van der Waals surface area contributed by atoms with Gasteiger partial charge in [0, 0.05) is 18.0 Å². The van der Waals surface area contributed by atoms with Gasteiger partial charge in [0.25, 0.3) is 0 Å². The van der Waals surface area contributed by atoms with Gasteiger partial charge in [0.2, 0.25) is 0 Å². The molecule has 1 aliphatic carbocycles. The summed E-state index contributed by atoms with van der Waals surface area (Å²) in [5, 5.41) is 3.26. The molecule has 0 fully saturated rings. The number of hydrogen-bond acceptors (Lipinski definition) is 4. The van der Waals surface area contributed by atoms with Crippen molar-refractivity contribution >= 4 is 5.69 Å². The van der Waals surface area contributed by atoms with E-state index in [9.17, 15) is 0 Å². The molecule has 4 nitrogen and oxygen atoms in total. The van der Waals surface area contributed by atoms with Crippen molar-refractivity contribution in [3.8, 4) is 11.5 Å². The third-order valence-electron chi connectivity index (χ3n) is 3.26. The molecule has 0 atom stereocenters. The molecule has 0 saturated carbocycles. The molecule has 1 aromatic rings. The Kier molecular flexibility index (Phi) is 3.21. The van der Waals surface area contributed by atoms with Crippen molar-refractivity contribution < 1.29 is 9.47 Å². The smallest absolute Gasteiger partial charge is 0.146 e. The van der Waals surface area contributed by atoms with E-state index in [-0.39, 0.29) is 0 Å².